The van der Waals surface area contributed by atoms with Gasteiger partial charge in [-0.2, -0.15) is 0 Å². The zero-order valence-corrected chi connectivity index (χ0v) is 15.1. The number of rotatable bonds is 2. The minimum Gasteiger partial charge on any atom is -0.341 e. The smallest absolute Gasteiger partial charge is 0.230 e. The first-order chi connectivity index (χ1) is 11.7. The first-order valence-corrected chi connectivity index (χ1v) is 8.85. The van der Waals surface area contributed by atoms with Crippen LogP contribution in [0, 0.1) is 0 Å². The summed E-state index contributed by atoms with van der Waals surface area (Å²) in [4.78, 5) is 29.5. The normalized spacial score (nSPS) is 26.6. The number of anilines is 1. The van der Waals surface area contributed by atoms with E-state index in [0.717, 1.165) is 56.9 Å². The van der Waals surface area contributed by atoms with Gasteiger partial charge in [0.1, 0.15) is 0 Å². The quantitative estimate of drug-likeness (QED) is 0.823. The molecule has 136 valence electrons. The lowest BCUT2D eigenvalue weighted by Gasteiger charge is -2.33. The largest absolute Gasteiger partial charge is 0.341 e. The molecule has 25 heavy (non-hydrogen) atoms. The van der Waals surface area contributed by atoms with E-state index >= 15 is 0 Å². The third-order valence-corrected chi connectivity index (χ3v) is 5.44. The molecule has 0 saturated carbocycles. The Hall–Kier alpha value is -1.63. The van der Waals surface area contributed by atoms with Crippen LogP contribution in [-0.4, -0.2) is 66.9 Å². The monoisotopic (exact) mass is 364 g/mol. The number of carbonyl (C=O) groups is 2. The molecule has 1 aromatic carbocycles. The van der Waals surface area contributed by atoms with Crippen LogP contribution in [0.5, 0.6) is 0 Å². The van der Waals surface area contributed by atoms with Gasteiger partial charge in [-0.3, -0.25) is 14.5 Å². The Kier molecular flexibility index (Phi) is 5.61. The number of fused-ring (bicyclic) bond motifs is 1. The molecule has 0 spiro atoms. The van der Waals surface area contributed by atoms with Gasteiger partial charge < -0.3 is 15.5 Å². The van der Waals surface area contributed by atoms with Crippen molar-refractivity contribution in [3.63, 3.8) is 0 Å². The fourth-order valence-electron chi connectivity index (χ4n) is 4.14. The summed E-state index contributed by atoms with van der Waals surface area (Å²) >= 11 is 0. The second-order valence-electron chi connectivity index (χ2n) is 6.90. The van der Waals surface area contributed by atoms with Crippen LogP contribution in [0.15, 0.2) is 24.3 Å². The summed E-state index contributed by atoms with van der Waals surface area (Å²) in [7, 11) is 0. The summed E-state index contributed by atoms with van der Waals surface area (Å²) in [5.74, 6) is -0.295. The van der Waals surface area contributed by atoms with Crippen LogP contribution in [0.25, 0.3) is 0 Å². The highest BCUT2D eigenvalue weighted by atomic mass is 35.5. The van der Waals surface area contributed by atoms with E-state index < -0.39 is 0 Å². The highest BCUT2D eigenvalue weighted by Crippen LogP contribution is 2.34. The summed E-state index contributed by atoms with van der Waals surface area (Å²) < 4.78 is 0. The van der Waals surface area contributed by atoms with Crippen LogP contribution < -0.4 is 10.6 Å². The van der Waals surface area contributed by atoms with Gasteiger partial charge in [0, 0.05) is 57.4 Å². The zero-order valence-electron chi connectivity index (χ0n) is 14.2. The van der Waals surface area contributed by atoms with Crippen LogP contribution in [0.2, 0.25) is 0 Å². The van der Waals surface area contributed by atoms with E-state index in [2.05, 4.69) is 15.5 Å². The SMILES string of the molecule is Cl.O=C1CC(C(=O)N2CCC(N3CCNCC3)C2)c2ccccc2N1. The predicted molar refractivity (Wildman–Crippen MR) is 99.1 cm³/mol. The van der Waals surface area contributed by atoms with Crippen LogP contribution in [0.4, 0.5) is 5.69 Å². The third-order valence-electron chi connectivity index (χ3n) is 5.44. The molecule has 6 nitrogen and oxygen atoms in total. The summed E-state index contributed by atoms with van der Waals surface area (Å²) in [6.45, 7) is 5.76. The lowest BCUT2D eigenvalue weighted by atomic mass is 9.89. The van der Waals surface area contributed by atoms with Crippen molar-refractivity contribution in [1.82, 2.24) is 15.1 Å². The Bertz CT molecular complexity index is 648. The number of nitrogens with zero attached hydrogens (tertiary/aromatic N) is 2. The number of halogens is 1. The van der Waals surface area contributed by atoms with E-state index in [1.54, 1.807) is 0 Å². The fraction of sp³-hybridized carbons (Fsp3) is 0.556. The average Bonchev–Trinajstić information content (AvgIpc) is 3.11. The number of benzene rings is 1. The maximum atomic E-state index is 13.1. The molecule has 1 aromatic rings. The van der Waals surface area contributed by atoms with Crippen LogP contribution in [0.3, 0.4) is 0 Å². The van der Waals surface area contributed by atoms with Crippen molar-refractivity contribution >= 4 is 29.9 Å². The zero-order chi connectivity index (χ0) is 16.5. The Morgan fingerprint density at radius 2 is 1.88 bits per heavy atom. The van der Waals surface area contributed by atoms with E-state index in [1.807, 2.05) is 29.2 Å². The van der Waals surface area contributed by atoms with E-state index in [1.165, 1.54) is 0 Å². The van der Waals surface area contributed by atoms with Crippen molar-refractivity contribution in [2.24, 2.45) is 0 Å². The number of piperazine rings is 1. The van der Waals surface area contributed by atoms with Gasteiger partial charge >= 0.3 is 0 Å². The van der Waals surface area contributed by atoms with Crippen molar-refractivity contribution < 1.29 is 9.59 Å². The molecular weight excluding hydrogens is 340 g/mol. The standard InChI is InChI=1S/C18H24N4O2.ClH/c23-17-11-15(14-3-1-2-4-16(14)20-17)18(24)22-8-5-13(12-22)21-9-6-19-7-10-21;/h1-4,13,15,19H,5-12H2,(H,20,23);1H. The Balaban J connectivity index is 0.00000182. The Morgan fingerprint density at radius 3 is 2.68 bits per heavy atom. The number of nitrogens with one attached hydrogen (secondary N) is 2. The second-order valence-corrected chi connectivity index (χ2v) is 6.90. The molecule has 2 atom stereocenters. The summed E-state index contributed by atoms with van der Waals surface area (Å²) in [5, 5.41) is 6.24. The number of likely N-dealkylation sites (tertiary alicyclic amines) is 1. The van der Waals surface area contributed by atoms with Crippen molar-refractivity contribution in [2.45, 2.75) is 24.8 Å². The molecule has 3 aliphatic heterocycles. The van der Waals surface area contributed by atoms with Crippen LogP contribution in [-0.2, 0) is 9.59 Å². The molecule has 7 heteroatoms. The van der Waals surface area contributed by atoms with Crippen molar-refractivity contribution in [3.8, 4) is 0 Å². The average molecular weight is 365 g/mol. The summed E-state index contributed by atoms with van der Waals surface area (Å²) in [6, 6.07) is 8.12. The van der Waals surface area contributed by atoms with Gasteiger partial charge in [-0.05, 0) is 18.1 Å². The van der Waals surface area contributed by atoms with E-state index in [9.17, 15) is 9.59 Å². The highest BCUT2D eigenvalue weighted by molar-refractivity contribution is 6.01. The minimum absolute atomic E-state index is 0. The molecule has 4 rings (SSSR count). The number of carbonyl (C=O) groups excluding carboxylic acids is 2. The molecule has 3 aliphatic rings. The van der Waals surface area contributed by atoms with Crippen molar-refractivity contribution in [1.29, 1.82) is 0 Å². The Labute approximate surface area is 154 Å². The predicted octanol–water partition coefficient (Wildman–Crippen LogP) is 1.04. The van der Waals surface area contributed by atoms with Crippen molar-refractivity contribution in [3.05, 3.63) is 29.8 Å². The summed E-state index contributed by atoms with van der Waals surface area (Å²) in [6.07, 6.45) is 1.29. The highest BCUT2D eigenvalue weighted by Gasteiger charge is 2.37. The summed E-state index contributed by atoms with van der Waals surface area (Å²) in [5.41, 5.74) is 1.73. The van der Waals surface area contributed by atoms with Gasteiger partial charge in [-0.15, -0.1) is 12.4 Å². The number of hydrogen-bond donors (Lipinski definition) is 2. The van der Waals surface area contributed by atoms with Gasteiger partial charge in [-0.25, -0.2) is 0 Å². The van der Waals surface area contributed by atoms with E-state index in [0.29, 0.717) is 6.04 Å². The molecule has 2 amide bonds. The minimum atomic E-state index is -0.336. The van der Waals surface area contributed by atoms with Gasteiger partial charge in [0.2, 0.25) is 11.8 Å². The van der Waals surface area contributed by atoms with Crippen LogP contribution in [0.1, 0.15) is 24.3 Å². The van der Waals surface area contributed by atoms with Gasteiger partial charge in [0.15, 0.2) is 0 Å². The van der Waals surface area contributed by atoms with Crippen molar-refractivity contribution in [2.75, 3.05) is 44.6 Å². The third kappa shape index (κ3) is 3.66. The molecule has 0 bridgehead atoms. The fourth-order valence-corrected chi connectivity index (χ4v) is 4.14. The van der Waals surface area contributed by atoms with Gasteiger partial charge in [0.25, 0.3) is 0 Å². The lowest BCUT2D eigenvalue weighted by molar-refractivity contribution is -0.134. The molecule has 0 radical (unpaired) electrons. The lowest BCUT2D eigenvalue weighted by Crippen LogP contribution is -2.49. The second kappa shape index (κ2) is 7.72. The molecule has 2 fully saturated rings. The maximum Gasteiger partial charge on any atom is 0.230 e. The molecule has 2 N–H and O–H groups in total. The molecule has 0 aliphatic carbocycles. The topological polar surface area (TPSA) is 64.7 Å². The van der Waals surface area contributed by atoms with Crippen LogP contribution >= 0.6 is 12.4 Å². The number of para-hydroxylation sites is 1. The Morgan fingerprint density at radius 1 is 1.12 bits per heavy atom. The molecule has 0 aromatic heterocycles. The molecule has 2 unspecified atom stereocenters. The first kappa shape index (κ1) is 18.2. The van der Waals surface area contributed by atoms with Gasteiger partial charge in [0.05, 0.1) is 5.92 Å². The number of hydrogen-bond acceptors (Lipinski definition) is 4. The molecule has 3 heterocycles. The molecule has 2 saturated heterocycles. The van der Waals surface area contributed by atoms with E-state index in [4.69, 9.17) is 0 Å². The van der Waals surface area contributed by atoms with Gasteiger partial charge in [-0.1, -0.05) is 18.2 Å². The maximum absolute atomic E-state index is 13.1. The molecular formula is C18H25ClN4O2. The first-order valence-electron chi connectivity index (χ1n) is 8.85. The number of amides is 2. The van der Waals surface area contributed by atoms with E-state index in [-0.39, 0.29) is 36.6 Å².